The van der Waals surface area contributed by atoms with Crippen LogP contribution < -0.4 is 0 Å². The molecule has 2 aromatic rings. The van der Waals surface area contributed by atoms with Gasteiger partial charge >= 0.3 is 5.97 Å². The predicted octanol–water partition coefficient (Wildman–Crippen LogP) is 4.75. The molecule has 0 radical (unpaired) electrons. The SMILES string of the molecule is CCCCCOC(=O)C(C)c1ccc(C(=O)c2ccccc2)cc1. The van der Waals surface area contributed by atoms with Crippen LogP contribution in [0.1, 0.15) is 60.5 Å². The van der Waals surface area contributed by atoms with Crippen LogP contribution in [0, 0.1) is 0 Å². The summed E-state index contributed by atoms with van der Waals surface area (Å²) >= 11 is 0. The van der Waals surface area contributed by atoms with Gasteiger partial charge in [0.2, 0.25) is 0 Å². The maximum atomic E-state index is 12.4. The van der Waals surface area contributed by atoms with Gasteiger partial charge in [0.15, 0.2) is 5.78 Å². The normalized spacial score (nSPS) is 11.8. The van der Waals surface area contributed by atoms with E-state index in [1.54, 1.807) is 24.3 Å². The maximum Gasteiger partial charge on any atom is 0.313 e. The zero-order valence-corrected chi connectivity index (χ0v) is 14.3. The minimum Gasteiger partial charge on any atom is -0.465 e. The van der Waals surface area contributed by atoms with E-state index in [-0.39, 0.29) is 17.7 Å². The molecule has 0 aliphatic heterocycles. The fourth-order valence-electron chi connectivity index (χ4n) is 2.47. The first kappa shape index (κ1) is 17.9. The number of hydrogen-bond donors (Lipinski definition) is 0. The number of esters is 1. The molecule has 3 nitrogen and oxygen atoms in total. The van der Waals surface area contributed by atoms with Gasteiger partial charge in [0, 0.05) is 11.1 Å². The van der Waals surface area contributed by atoms with Crippen molar-refractivity contribution in [1.82, 2.24) is 0 Å². The molecule has 2 aromatic carbocycles. The topological polar surface area (TPSA) is 43.4 Å². The molecule has 0 N–H and O–H groups in total. The molecule has 24 heavy (non-hydrogen) atoms. The number of carbonyl (C=O) groups is 2. The average molecular weight is 324 g/mol. The van der Waals surface area contributed by atoms with Crippen molar-refractivity contribution in [3.8, 4) is 0 Å². The summed E-state index contributed by atoms with van der Waals surface area (Å²) in [6.45, 7) is 4.42. The van der Waals surface area contributed by atoms with Crippen LogP contribution >= 0.6 is 0 Å². The number of ketones is 1. The lowest BCUT2D eigenvalue weighted by Gasteiger charge is -2.12. The first-order valence-electron chi connectivity index (χ1n) is 8.49. The van der Waals surface area contributed by atoms with Crippen LogP contribution in [-0.4, -0.2) is 18.4 Å². The Balaban J connectivity index is 1.98. The quantitative estimate of drug-likeness (QED) is 0.400. The highest BCUT2D eigenvalue weighted by Gasteiger charge is 2.17. The highest BCUT2D eigenvalue weighted by atomic mass is 16.5. The number of unbranched alkanes of at least 4 members (excludes halogenated alkanes) is 2. The fraction of sp³-hybridized carbons (Fsp3) is 0.333. The molecule has 126 valence electrons. The molecular formula is C21H24O3. The van der Waals surface area contributed by atoms with Crippen LogP contribution in [0.4, 0.5) is 0 Å². The number of hydrogen-bond acceptors (Lipinski definition) is 3. The fourth-order valence-corrected chi connectivity index (χ4v) is 2.47. The Morgan fingerprint density at radius 2 is 1.54 bits per heavy atom. The molecule has 0 aromatic heterocycles. The number of ether oxygens (including phenoxy) is 1. The minimum absolute atomic E-state index is 0.0167. The summed E-state index contributed by atoms with van der Waals surface area (Å²) in [5.74, 6) is -0.558. The molecule has 0 bridgehead atoms. The van der Waals surface area contributed by atoms with Crippen LogP contribution in [0.5, 0.6) is 0 Å². The van der Waals surface area contributed by atoms with E-state index in [0.717, 1.165) is 24.8 Å². The summed E-state index contributed by atoms with van der Waals surface area (Å²) in [6, 6.07) is 16.4. The predicted molar refractivity (Wildman–Crippen MR) is 95.2 cm³/mol. The lowest BCUT2D eigenvalue weighted by molar-refractivity contribution is -0.145. The summed E-state index contributed by atoms with van der Waals surface area (Å²) in [4.78, 5) is 24.4. The van der Waals surface area contributed by atoms with Gasteiger partial charge in [0.05, 0.1) is 12.5 Å². The molecule has 0 spiro atoms. The standard InChI is InChI=1S/C21H24O3/c1-3-4-8-15-24-21(23)16(2)17-11-13-19(14-12-17)20(22)18-9-6-5-7-10-18/h5-7,9-14,16H,3-4,8,15H2,1-2H3. The highest BCUT2D eigenvalue weighted by Crippen LogP contribution is 2.19. The van der Waals surface area contributed by atoms with E-state index in [9.17, 15) is 9.59 Å². The molecule has 0 saturated carbocycles. The molecule has 1 unspecified atom stereocenters. The Labute approximate surface area is 143 Å². The van der Waals surface area contributed by atoms with E-state index in [4.69, 9.17) is 4.74 Å². The third kappa shape index (κ3) is 4.79. The van der Waals surface area contributed by atoms with E-state index < -0.39 is 0 Å². The molecule has 1 atom stereocenters. The van der Waals surface area contributed by atoms with Crippen molar-refractivity contribution in [2.75, 3.05) is 6.61 Å². The second-order valence-corrected chi connectivity index (χ2v) is 5.91. The smallest absolute Gasteiger partial charge is 0.313 e. The Kier molecular flexibility index (Phi) is 6.74. The van der Waals surface area contributed by atoms with Crippen molar-refractivity contribution >= 4 is 11.8 Å². The summed E-state index contributed by atoms with van der Waals surface area (Å²) < 4.78 is 5.30. The van der Waals surface area contributed by atoms with Crippen LogP contribution in [0.15, 0.2) is 54.6 Å². The molecular weight excluding hydrogens is 300 g/mol. The zero-order chi connectivity index (χ0) is 17.4. The summed E-state index contributed by atoms with van der Waals surface area (Å²) in [5, 5.41) is 0. The van der Waals surface area contributed by atoms with Crippen LogP contribution in [0.3, 0.4) is 0 Å². The first-order chi connectivity index (χ1) is 11.6. The zero-order valence-electron chi connectivity index (χ0n) is 14.3. The van der Waals surface area contributed by atoms with Gasteiger partial charge in [-0.3, -0.25) is 9.59 Å². The second kappa shape index (κ2) is 9.02. The van der Waals surface area contributed by atoms with Gasteiger partial charge in [-0.1, -0.05) is 74.4 Å². The van der Waals surface area contributed by atoms with Gasteiger partial charge in [0.1, 0.15) is 0 Å². The monoisotopic (exact) mass is 324 g/mol. The minimum atomic E-state index is -0.326. The Morgan fingerprint density at radius 1 is 0.917 bits per heavy atom. The molecule has 0 heterocycles. The van der Waals surface area contributed by atoms with Crippen molar-refractivity contribution < 1.29 is 14.3 Å². The number of rotatable bonds is 8. The van der Waals surface area contributed by atoms with Crippen molar-refractivity contribution in [2.45, 2.75) is 39.0 Å². The molecule has 0 saturated heterocycles. The lowest BCUT2D eigenvalue weighted by Crippen LogP contribution is -2.14. The molecule has 0 aliphatic rings. The summed E-state index contributed by atoms with van der Waals surface area (Å²) in [7, 11) is 0. The number of carbonyl (C=O) groups excluding carboxylic acids is 2. The van der Waals surface area contributed by atoms with E-state index in [1.807, 2.05) is 37.3 Å². The molecule has 0 aliphatic carbocycles. The maximum absolute atomic E-state index is 12.4. The van der Waals surface area contributed by atoms with Gasteiger partial charge in [-0.2, -0.15) is 0 Å². The summed E-state index contributed by atoms with van der Waals surface area (Å²) in [6.07, 6.45) is 3.07. The average Bonchev–Trinajstić information content (AvgIpc) is 2.64. The van der Waals surface area contributed by atoms with Crippen molar-refractivity contribution in [1.29, 1.82) is 0 Å². The van der Waals surface area contributed by atoms with Crippen molar-refractivity contribution in [3.05, 3.63) is 71.3 Å². The summed E-state index contributed by atoms with van der Waals surface area (Å²) in [5.41, 5.74) is 2.14. The Bertz CT molecular complexity index is 659. The van der Waals surface area contributed by atoms with E-state index in [2.05, 4.69) is 6.92 Å². The Morgan fingerprint density at radius 3 is 2.17 bits per heavy atom. The van der Waals surface area contributed by atoms with E-state index in [0.29, 0.717) is 17.7 Å². The van der Waals surface area contributed by atoms with Crippen molar-refractivity contribution in [2.24, 2.45) is 0 Å². The first-order valence-corrected chi connectivity index (χ1v) is 8.49. The van der Waals surface area contributed by atoms with Gasteiger partial charge < -0.3 is 4.74 Å². The van der Waals surface area contributed by atoms with Crippen LogP contribution in [-0.2, 0) is 9.53 Å². The van der Waals surface area contributed by atoms with Crippen molar-refractivity contribution in [3.63, 3.8) is 0 Å². The highest BCUT2D eigenvalue weighted by molar-refractivity contribution is 6.08. The van der Waals surface area contributed by atoms with Crippen LogP contribution in [0.2, 0.25) is 0 Å². The van der Waals surface area contributed by atoms with E-state index in [1.165, 1.54) is 0 Å². The number of benzene rings is 2. The molecule has 3 heteroatoms. The van der Waals surface area contributed by atoms with E-state index >= 15 is 0 Å². The van der Waals surface area contributed by atoms with Gasteiger partial charge in [-0.05, 0) is 18.9 Å². The third-order valence-electron chi connectivity index (χ3n) is 4.05. The largest absolute Gasteiger partial charge is 0.465 e. The van der Waals surface area contributed by atoms with Crippen LogP contribution in [0.25, 0.3) is 0 Å². The van der Waals surface area contributed by atoms with Gasteiger partial charge in [-0.15, -0.1) is 0 Å². The lowest BCUT2D eigenvalue weighted by atomic mass is 9.97. The Hall–Kier alpha value is -2.42. The molecule has 0 amide bonds. The second-order valence-electron chi connectivity index (χ2n) is 5.91. The van der Waals surface area contributed by atoms with Gasteiger partial charge in [0.25, 0.3) is 0 Å². The molecule has 0 fully saturated rings. The molecule has 2 rings (SSSR count). The van der Waals surface area contributed by atoms with Gasteiger partial charge in [-0.25, -0.2) is 0 Å². The third-order valence-corrected chi connectivity index (χ3v) is 4.05.